The molecule has 3 aromatic rings. The molecule has 5 heteroatoms. The fourth-order valence-electron chi connectivity index (χ4n) is 2.29. The van der Waals surface area contributed by atoms with E-state index in [-0.39, 0.29) is 6.42 Å². The molecule has 3 rings (SSSR count). The van der Waals surface area contributed by atoms with Crippen LogP contribution in [0, 0.1) is 0 Å². The lowest BCUT2D eigenvalue weighted by Crippen LogP contribution is -2.08. The van der Waals surface area contributed by atoms with E-state index < -0.39 is 5.97 Å². The largest absolute Gasteiger partial charge is 0.481 e. The molecule has 20 heavy (non-hydrogen) atoms. The molecular weight excluding hydrogens is 272 g/mol. The summed E-state index contributed by atoms with van der Waals surface area (Å²) in [6.07, 6.45) is 0.842. The quantitative estimate of drug-likeness (QED) is 0.784. The van der Waals surface area contributed by atoms with Crippen molar-refractivity contribution < 1.29 is 9.90 Å². The molecule has 0 aliphatic rings. The van der Waals surface area contributed by atoms with Crippen LogP contribution in [-0.4, -0.2) is 20.6 Å². The normalized spacial score (nSPS) is 11.0. The Morgan fingerprint density at radius 2 is 2.15 bits per heavy atom. The number of para-hydroxylation sites is 2. The van der Waals surface area contributed by atoms with Gasteiger partial charge in [-0.2, -0.15) is 11.3 Å². The van der Waals surface area contributed by atoms with Crippen LogP contribution in [0.5, 0.6) is 0 Å². The van der Waals surface area contributed by atoms with Crippen LogP contribution in [0.15, 0.2) is 41.1 Å². The van der Waals surface area contributed by atoms with Crippen LogP contribution in [0.1, 0.15) is 17.8 Å². The highest BCUT2D eigenvalue weighted by Gasteiger charge is 2.12. The Morgan fingerprint density at radius 3 is 2.90 bits per heavy atom. The van der Waals surface area contributed by atoms with Gasteiger partial charge in [-0.1, -0.05) is 12.1 Å². The number of carbonyl (C=O) groups is 1. The van der Waals surface area contributed by atoms with Crippen molar-refractivity contribution in [3.05, 3.63) is 52.5 Å². The number of carboxylic acid groups (broad SMARTS) is 1. The molecule has 0 amide bonds. The minimum absolute atomic E-state index is 0.108. The number of aryl methyl sites for hydroxylation is 1. The van der Waals surface area contributed by atoms with Gasteiger partial charge < -0.3 is 9.67 Å². The lowest BCUT2D eigenvalue weighted by Gasteiger charge is -2.07. The predicted molar refractivity (Wildman–Crippen MR) is 79.1 cm³/mol. The molecule has 0 aliphatic carbocycles. The zero-order valence-electron chi connectivity index (χ0n) is 10.8. The highest BCUT2D eigenvalue weighted by atomic mass is 32.1. The average molecular weight is 286 g/mol. The third-order valence-corrected chi connectivity index (χ3v) is 3.96. The first-order valence-corrected chi connectivity index (χ1v) is 7.35. The average Bonchev–Trinajstić information content (AvgIpc) is 3.04. The highest BCUT2D eigenvalue weighted by molar-refractivity contribution is 7.07. The molecule has 2 aromatic heterocycles. The molecule has 0 bridgehead atoms. The van der Waals surface area contributed by atoms with Crippen molar-refractivity contribution in [1.82, 2.24) is 9.55 Å². The molecular formula is C15H14N2O2S. The van der Waals surface area contributed by atoms with E-state index in [1.54, 1.807) is 11.3 Å². The molecule has 0 atom stereocenters. The smallest absolute Gasteiger partial charge is 0.305 e. The molecule has 2 heterocycles. The number of aromatic nitrogens is 2. The van der Waals surface area contributed by atoms with Gasteiger partial charge >= 0.3 is 5.97 Å². The maximum Gasteiger partial charge on any atom is 0.305 e. The number of nitrogens with zero attached hydrogens (tertiary/aromatic N) is 2. The van der Waals surface area contributed by atoms with E-state index >= 15 is 0 Å². The van der Waals surface area contributed by atoms with Crippen LogP contribution in [-0.2, 0) is 17.8 Å². The van der Waals surface area contributed by atoms with Crippen LogP contribution in [0.2, 0.25) is 0 Å². The Bertz CT molecular complexity index is 732. The molecule has 0 radical (unpaired) electrons. The van der Waals surface area contributed by atoms with Gasteiger partial charge in [0.1, 0.15) is 5.82 Å². The summed E-state index contributed by atoms with van der Waals surface area (Å²) in [6.45, 7) is 0.454. The number of benzene rings is 1. The van der Waals surface area contributed by atoms with E-state index in [1.165, 1.54) is 5.56 Å². The first kappa shape index (κ1) is 12.9. The van der Waals surface area contributed by atoms with Crippen molar-refractivity contribution in [2.75, 3.05) is 0 Å². The second-order valence-corrected chi connectivity index (χ2v) is 5.40. The summed E-state index contributed by atoms with van der Waals surface area (Å²) in [7, 11) is 0. The maximum absolute atomic E-state index is 10.8. The zero-order chi connectivity index (χ0) is 13.9. The maximum atomic E-state index is 10.8. The Balaban J connectivity index is 2.00. The summed E-state index contributed by atoms with van der Waals surface area (Å²) < 4.78 is 2.02. The monoisotopic (exact) mass is 286 g/mol. The topological polar surface area (TPSA) is 55.1 Å². The second kappa shape index (κ2) is 5.46. The SMILES string of the molecule is O=C(O)CCn1c(Cc2ccsc2)nc2ccccc21. The van der Waals surface area contributed by atoms with Crippen molar-refractivity contribution >= 4 is 28.3 Å². The third kappa shape index (κ3) is 2.58. The summed E-state index contributed by atoms with van der Waals surface area (Å²) in [5.74, 6) is 0.134. The predicted octanol–water partition coefficient (Wildman–Crippen LogP) is 3.16. The van der Waals surface area contributed by atoms with E-state index in [1.807, 2.05) is 34.2 Å². The van der Waals surface area contributed by atoms with Gasteiger partial charge in [0.25, 0.3) is 0 Å². The van der Waals surface area contributed by atoms with Crippen molar-refractivity contribution in [3.8, 4) is 0 Å². The molecule has 0 saturated carbocycles. The second-order valence-electron chi connectivity index (χ2n) is 4.62. The van der Waals surface area contributed by atoms with Gasteiger partial charge in [-0.05, 0) is 34.5 Å². The molecule has 1 N–H and O–H groups in total. The van der Waals surface area contributed by atoms with Gasteiger partial charge in [-0.25, -0.2) is 4.98 Å². The lowest BCUT2D eigenvalue weighted by atomic mass is 10.2. The van der Waals surface area contributed by atoms with Crippen LogP contribution in [0.4, 0.5) is 0 Å². The van der Waals surface area contributed by atoms with E-state index in [2.05, 4.69) is 16.4 Å². The van der Waals surface area contributed by atoms with E-state index in [4.69, 9.17) is 5.11 Å². The number of rotatable bonds is 5. The number of hydrogen-bond acceptors (Lipinski definition) is 3. The van der Waals surface area contributed by atoms with Gasteiger partial charge in [0, 0.05) is 13.0 Å². The summed E-state index contributed by atoms with van der Waals surface area (Å²) in [4.78, 5) is 15.5. The van der Waals surface area contributed by atoms with E-state index in [0.29, 0.717) is 6.54 Å². The van der Waals surface area contributed by atoms with Gasteiger partial charge in [-0.3, -0.25) is 4.79 Å². The van der Waals surface area contributed by atoms with Gasteiger partial charge in [0.15, 0.2) is 0 Å². The molecule has 0 unspecified atom stereocenters. The van der Waals surface area contributed by atoms with Crippen molar-refractivity contribution in [3.63, 3.8) is 0 Å². The molecule has 0 aliphatic heterocycles. The van der Waals surface area contributed by atoms with E-state index in [9.17, 15) is 4.79 Å². The van der Waals surface area contributed by atoms with Crippen molar-refractivity contribution in [2.45, 2.75) is 19.4 Å². The summed E-state index contributed by atoms with van der Waals surface area (Å²) in [5.41, 5.74) is 3.13. The first-order chi connectivity index (χ1) is 9.74. The molecule has 1 aromatic carbocycles. The van der Waals surface area contributed by atoms with Crippen LogP contribution in [0.25, 0.3) is 11.0 Å². The first-order valence-electron chi connectivity index (χ1n) is 6.41. The molecule has 102 valence electrons. The standard InChI is InChI=1S/C15H14N2O2S/c18-15(19)5-7-17-13-4-2-1-3-12(13)16-14(17)9-11-6-8-20-10-11/h1-4,6,8,10H,5,7,9H2,(H,18,19). The minimum atomic E-state index is -0.788. The minimum Gasteiger partial charge on any atom is -0.481 e. The number of hydrogen-bond donors (Lipinski definition) is 1. The number of fused-ring (bicyclic) bond motifs is 1. The molecule has 0 fully saturated rings. The zero-order valence-corrected chi connectivity index (χ0v) is 11.6. The highest BCUT2D eigenvalue weighted by Crippen LogP contribution is 2.20. The number of aliphatic carboxylic acids is 1. The summed E-state index contributed by atoms with van der Waals surface area (Å²) >= 11 is 1.66. The third-order valence-electron chi connectivity index (χ3n) is 3.23. The van der Waals surface area contributed by atoms with Crippen LogP contribution >= 0.6 is 11.3 Å². The molecule has 0 spiro atoms. The molecule has 4 nitrogen and oxygen atoms in total. The lowest BCUT2D eigenvalue weighted by molar-refractivity contribution is -0.137. The van der Waals surface area contributed by atoms with Crippen LogP contribution in [0.3, 0.4) is 0 Å². The van der Waals surface area contributed by atoms with Gasteiger partial charge in [0.2, 0.25) is 0 Å². The number of imidazole rings is 1. The van der Waals surface area contributed by atoms with Gasteiger partial charge in [-0.15, -0.1) is 0 Å². The Hall–Kier alpha value is -2.14. The van der Waals surface area contributed by atoms with Crippen LogP contribution < -0.4 is 0 Å². The Morgan fingerprint density at radius 1 is 1.30 bits per heavy atom. The molecule has 0 saturated heterocycles. The fourth-order valence-corrected chi connectivity index (χ4v) is 2.96. The van der Waals surface area contributed by atoms with Crippen molar-refractivity contribution in [1.29, 1.82) is 0 Å². The van der Waals surface area contributed by atoms with E-state index in [0.717, 1.165) is 23.3 Å². The summed E-state index contributed by atoms with van der Waals surface area (Å²) in [5, 5.41) is 13.0. The number of thiophene rings is 1. The Kier molecular flexibility index (Phi) is 3.52. The summed E-state index contributed by atoms with van der Waals surface area (Å²) in [6, 6.07) is 9.93. The van der Waals surface area contributed by atoms with Gasteiger partial charge in [0.05, 0.1) is 17.5 Å². The fraction of sp³-hybridized carbons (Fsp3) is 0.200. The Labute approximate surface area is 120 Å². The number of carboxylic acids is 1. The van der Waals surface area contributed by atoms with Crippen molar-refractivity contribution in [2.24, 2.45) is 0 Å².